The zero-order valence-electron chi connectivity index (χ0n) is 16.5. The molecule has 0 aromatic heterocycles. The fourth-order valence-electron chi connectivity index (χ4n) is 2.06. The first kappa shape index (κ1) is 26.4. The molecule has 6 nitrogen and oxygen atoms in total. The number of alkyl halides is 1. The van der Waals surface area contributed by atoms with Crippen LogP contribution >= 0.6 is 24.0 Å². The molecule has 25 heavy (non-hydrogen) atoms. The number of ether oxygens (including phenoxy) is 1. The second kappa shape index (κ2) is 13.4. The van der Waals surface area contributed by atoms with Gasteiger partial charge in [0.05, 0.1) is 18.8 Å². The van der Waals surface area contributed by atoms with Gasteiger partial charge in [0.15, 0.2) is 5.96 Å². The van der Waals surface area contributed by atoms with Crippen molar-refractivity contribution in [3.63, 3.8) is 0 Å². The van der Waals surface area contributed by atoms with E-state index in [1.54, 1.807) is 0 Å². The minimum Gasteiger partial charge on any atom is -0.444 e. The molecule has 8 heteroatoms. The number of nitrogens with one attached hydrogen (secondary N) is 3. The number of hydrogen-bond donors (Lipinski definition) is 3. The largest absolute Gasteiger partial charge is 0.444 e. The van der Waals surface area contributed by atoms with Crippen LogP contribution in [0.2, 0.25) is 0 Å². The van der Waals surface area contributed by atoms with Crippen LogP contribution in [0.4, 0.5) is 9.18 Å². The first-order chi connectivity index (χ1) is 11.2. The van der Waals surface area contributed by atoms with Gasteiger partial charge in [0.2, 0.25) is 0 Å². The van der Waals surface area contributed by atoms with Crippen molar-refractivity contribution in [1.29, 1.82) is 0 Å². The Balaban J connectivity index is 0. The van der Waals surface area contributed by atoms with Gasteiger partial charge in [-0.15, -0.1) is 24.0 Å². The fraction of sp³-hybridized carbons (Fsp3) is 0.882. The van der Waals surface area contributed by atoms with Gasteiger partial charge < -0.3 is 20.7 Å². The maximum atomic E-state index is 12.2. The Kier molecular flexibility index (Phi) is 14.2. The van der Waals surface area contributed by atoms with Crippen molar-refractivity contribution in [2.75, 3.05) is 26.3 Å². The molecule has 0 saturated carbocycles. The summed E-state index contributed by atoms with van der Waals surface area (Å²) in [5.74, 6) is 0.628. The van der Waals surface area contributed by atoms with Crippen molar-refractivity contribution < 1.29 is 13.9 Å². The van der Waals surface area contributed by atoms with Gasteiger partial charge in [-0.25, -0.2) is 4.79 Å². The Morgan fingerprint density at radius 2 is 1.72 bits per heavy atom. The SMILES string of the molecule is CCNC(=NCC(CC)(CC)NC(=O)OC(C)(C)C)NCCCF.I. The predicted molar refractivity (Wildman–Crippen MR) is 113 cm³/mol. The highest BCUT2D eigenvalue weighted by atomic mass is 127. The van der Waals surface area contributed by atoms with Crippen LogP contribution in [0.3, 0.4) is 0 Å². The lowest BCUT2D eigenvalue weighted by Crippen LogP contribution is -2.52. The summed E-state index contributed by atoms with van der Waals surface area (Å²) in [6.45, 7) is 12.8. The molecule has 0 aromatic rings. The highest BCUT2D eigenvalue weighted by Gasteiger charge is 2.30. The number of guanidine groups is 1. The highest BCUT2D eigenvalue weighted by molar-refractivity contribution is 14.0. The Bertz CT molecular complexity index is 397. The quantitative estimate of drug-likeness (QED) is 0.207. The Morgan fingerprint density at radius 1 is 1.12 bits per heavy atom. The number of rotatable bonds is 9. The number of carbonyl (C=O) groups is 1. The zero-order valence-corrected chi connectivity index (χ0v) is 18.8. The van der Waals surface area contributed by atoms with E-state index < -0.39 is 17.2 Å². The molecule has 0 aliphatic heterocycles. The van der Waals surface area contributed by atoms with Gasteiger partial charge in [0.25, 0.3) is 0 Å². The normalized spacial score (nSPS) is 12.2. The molecule has 0 heterocycles. The Labute approximate surface area is 169 Å². The van der Waals surface area contributed by atoms with Crippen LogP contribution < -0.4 is 16.0 Å². The summed E-state index contributed by atoms with van der Waals surface area (Å²) in [6.07, 6.45) is 1.47. The molecule has 0 bridgehead atoms. The monoisotopic (exact) mass is 474 g/mol. The summed E-state index contributed by atoms with van der Waals surface area (Å²) < 4.78 is 17.6. The van der Waals surface area contributed by atoms with Gasteiger partial charge in [-0.2, -0.15) is 0 Å². The number of nitrogens with zero attached hydrogens (tertiary/aromatic N) is 1. The third-order valence-corrected chi connectivity index (χ3v) is 3.61. The van der Waals surface area contributed by atoms with E-state index in [1.165, 1.54) is 0 Å². The maximum absolute atomic E-state index is 12.2. The molecule has 1 amide bonds. The summed E-state index contributed by atoms with van der Waals surface area (Å²) in [7, 11) is 0. The van der Waals surface area contributed by atoms with Crippen LogP contribution in [-0.2, 0) is 4.74 Å². The molecule has 0 aliphatic carbocycles. The van der Waals surface area contributed by atoms with Crippen LogP contribution in [0.1, 0.15) is 60.8 Å². The highest BCUT2D eigenvalue weighted by Crippen LogP contribution is 2.17. The Morgan fingerprint density at radius 3 is 2.16 bits per heavy atom. The molecule has 0 spiro atoms. The van der Waals surface area contributed by atoms with E-state index in [9.17, 15) is 9.18 Å². The molecule has 0 rings (SSSR count). The van der Waals surface area contributed by atoms with Crippen LogP contribution in [-0.4, -0.2) is 49.5 Å². The van der Waals surface area contributed by atoms with Crippen LogP contribution in [0, 0.1) is 0 Å². The second-order valence-corrected chi connectivity index (χ2v) is 6.78. The summed E-state index contributed by atoms with van der Waals surface area (Å²) in [5, 5.41) is 9.18. The van der Waals surface area contributed by atoms with E-state index in [2.05, 4.69) is 20.9 Å². The number of amides is 1. The van der Waals surface area contributed by atoms with E-state index in [4.69, 9.17) is 4.74 Å². The molecule has 0 aromatic carbocycles. The van der Waals surface area contributed by atoms with Crippen LogP contribution in [0.5, 0.6) is 0 Å². The minimum absolute atomic E-state index is 0. The van der Waals surface area contributed by atoms with Crippen LogP contribution in [0.25, 0.3) is 0 Å². The molecule has 0 radical (unpaired) electrons. The van der Waals surface area contributed by atoms with Crippen molar-refractivity contribution >= 4 is 36.0 Å². The van der Waals surface area contributed by atoms with Gasteiger partial charge in [-0.3, -0.25) is 9.38 Å². The average Bonchev–Trinajstić information content (AvgIpc) is 2.49. The van der Waals surface area contributed by atoms with Crippen molar-refractivity contribution in [2.24, 2.45) is 4.99 Å². The molecule has 0 aliphatic rings. The topological polar surface area (TPSA) is 74.8 Å². The number of halogens is 2. The molecule has 0 unspecified atom stereocenters. The number of alkyl carbamates (subject to hydrolysis) is 1. The fourth-order valence-corrected chi connectivity index (χ4v) is 2.06. The van der Waals surface area contributed by atoms with Crippen molar-refractivity contribution in [1.82, 2.24) is 16.0 Å². The average molecular weight is 474 g/mol. The molecule has 0 fully saturated rings. The Hall–Kier alpha value is -0.800. The zero-order chi connectivity index (χ0) is 18.6. The molecule has 150 valence electrons. The third kappa shape index (κ3) is 12.2. The summed E-state index contributed by atoms with van der Waals surface area (Å²) in [4.78, 5) is 16.7. The molecule has 0 saturated heterocycles. The van der Waals surface area contributed by atoms with Gasteiger partial charge in [-0.05, 0) is 47.0 Å². The molecule has 0 atom stereocenters. The number of carbonyl (C=O) groups excluding carboxylic acids is 1. The molecular formula is C17H36FIN4O2. The van der Waals surface area contributed by atoms with E-state index in [1.807, 2.05) is 41.5 Å². The first-order valence-electron chi connectivity index (χ1n) is 8.81. The number of aliphatic imine (C=N–C) groups is 1. The van der Waals surface area contributed by atoms with Gasteiger partial charge in [0.1, 0.15) is 5.60 Å². The second-order valence-electron chi connectivity index (χ2n) is 6.78. The van der Waals surface area contributed by atoms with Crippen molar-refractivity contribution in [3.8, 4) is 0 Å². The molecular weight excluding hydrogens is 438 g/mol. The van der Waals surface area contributed by atoms with E-state index in [0.29, 0.717) is 32.0 Å². The maximum Gasteiger partial charge on any atom is 0.408 e. The number of hydrogen-bond acceptors (Lipinski definition) is 3. The predicted octanol–water partition coefficient (Wildman–Crippen LogP) is 3.60. The van der Waals surface area contributed by atoms with Gasteiger partial charge in [0, 0.05) is 13.1 Å². The summed E-state index contributed by atoms with van der Waals surface area (Å²) in [5.41, 5.74) is -1.01. The van der Waals surface area contributed by atoms with Crippen molar-refractivity contribution in [2.45, 2.75) is 71.9 Å². The lowest BCUT2D eigenvalue weighted by molar-refractivity contribution is 0.0452. The van der Waals surface area contributed by atoms with Gasteiger partial charge >= 0.3 is 6.09 Å². The van der Waals surface area contributed by atoms with E-state index >= 15 is 0 Å². The van der Waals surface area contributed by atoms with Crippen LogP contribution in [0.15, 0.2) is 4.99 Å². The lowest BCUT2D eigenvalue weighted by atomic mass is 9.93. The van der Waals surface area contributed by atoms with E-state index in [0.717, 1.165) is 12.8 Å². The standard InChI is InChI=1S/C17H35FN4O2.HI/c1-7-17(8-2,22-15(23)24-16(4,5)6)13-21-14(19-9-3)20-12-10-11-18;/h7-13H2,1-6H3,(H,22,23)(H2,19,20,21);1H. The van der Waals surface area contributed by atoms with Crippen molar-refractivity contribution in [3.05, 3.63) is 0 Å². The lowest BCUT2D eigenvalue weighted by Gasteiger charge is -2.32. The third-order valence-electron chi connectivity index (χ3n) is 3.61. The first-order valence-corrected chi connectivity index (χ1v) is 8.81. The minimum atomic E-state index is -0.538. The molecule has 3 N–H and O–H groups in total. The smallest absolute Gasteiger partial charge is 0.408 e. The van der Waals surface area contributed by atoms with E-state index in [-0.39, 0.29) is 30.7 Å². The van der Waals surface area contributed by atoms with Gasteiger partial charge in [-0.1, -0.05) is 13.8 Å². The summed E-state index contributed by atoms with van der Waals surface area (Å²) >= 11 is 0. The summed E-state index contributed by atoms with van der Waals surface area (Å²) in [6, 6.07) is 0.